The van der Waals surface area contributed by atoms with E-state index in [9.17, 15) is 0 Å². The molecule has 0 fully saturated rings. The zero-order valence-corrected chi connectivity index (χ0v) is 11.0. The molecule has 1 rings (SSSR count). The zero-order valence-electron chi connectivity index (χ0n) is 9.45. The summed E-state index contributed by atoms with van der Waals surface area (Å²) in [5, 5.41) is 15.7. The maximum Gasteiger partial charge on any atom is 0.141 e. The van der Waals surface area contributed by atoms with E-state index in [4.69, 9.17) is 34.1 Å². The first-order valence-corrected chi connectivity index (χ1v) is 6.01. The Morgan fingerprint density at radius 1 is 1.53 bits per heavy atom. The van der Waals surface area contributed by atoms with Crippen molar-refractivity contribution in [3.05, 3.63) is 28.2 Å². The minimum atomic E-state index is 0.0434. The number of hydrogen-bond donors (Lipinski definition) is 3. The van der Waals surface area contributed by atoms with Gasteiger partial charge in [-0.25, -0.2) is 0 Å². The topological polar surface area (TPSA) is 70.6 Å². The van der Waals surface area contributed by atoms with Crippen molar-refractivity contribution in [2.24, 2.45) is 10.9 Å². The lowest BCUT2D eigenvalue weighted by Crippen LogP contribution is -2.26. The number of nitrogens with zero attached hydrogens (tertiary/aromatic N) is 1. The van der Waals surface area contributed by atoms with Crippen molar-refractivity contribution in [3.8, 4) is 0 Å². The van der Waals surface area contributed by atoms with Gasteiger partial charge >= 0.3 is 0 Å². The Balaban J connectivity index is 2.77. The molecule has 0 saturated heterocycles. The molecule has 0 bridgehead atoms. The Morgan fingerprint density at radius 3 is 2.82 bits per heavy atom. The Hall–Kier alpha value is -1.13. The van der Waals surface area contributed by atoms with Gasteiger partial charge in [-0.05, 0) is 18.6 Å². The number of hydrogen-bond acceptors (Lipinski definition) is 3. The van der Waals surface area contributed by atoms with Crippen LogP contribution in [0.4, 0.5) is 5.69 Å². The molecule has 17 heavy (non-hydrogen) atoms. The number of amidine groups is 1. The van der Waals surface area contributed by atoms with Gasteiger partial charge in [-0.15, -0.1) is 0 Å². The van der Waals surface area contributed by atoms with Gasteiger partial charge in [0.2, 0.25) is 0 Å². The molecule has 0 radical (unpaired) electrons. The van der Waals surface area contributed by atoms with Gasteiger partial charge in [0.15, 0.2) is 0 Å². The quantitative estimate of drug-likeness (QED) is 0.334. The maximum atomic E-state index is 8.53. The largest absolute Gasteiger partial charge is 0.409 e. The molecule has 1 aromatic rings. The van der Waals surface area contributed by atoms with Crippen LogP contribution in [0.15, 0.2) is 23.4 Å². The summed E-state index contributed by atoms with van der Waals surface area (Å²) >= 11 is 12.0. The molecule has 94 valence electrons. The van der Waals surface area contributed by atoms with Gasteiger partial charge in [-0.2, -0.15) is 0 Å². The molecule has 0 aromatic heterocycles. The molecule has 0 aliphatic carbocycles. The van der Waals surface area contributed by atoms with Crippen molar-refractivity contribution in [2.75, 3.05) is 5.32 Å². The standard InChI is InChI=1S/C11H15Cl2N3O/c1-2-7(6-10(14)16-17)15-9-5-3-4-8(12)11(9)13/h3-5,7,15,17H,2,6H2,1H3,(H2,14,16). The number of rotatable bonds is 5. The second kappa shape index (κ2) is 6.57. The summed E-state index contributed by atoms with van der Waals surface area (Å²) < 4.78 is 0. The van der Waals surface area contributed by atoms with Crippen LogP contribution < -0.4 is 11.1 Å². The van der Waals surface area contributed by atoms with Crippen molar-refractivity contribution >= 4 is 34.7 Å². The highest BCUT2D eigenvalue weighted by molar-refractivity contribution is 6.43. The van der Waals surface area contributed by atoms with E-state index in [-0.39, 0.29) is 11.9 Å². The van der Waals surface area contributed by atoms with Gasteiger partial charge in [0.1, 0.15) is 5.84 Å². The van der Waals surface area contributed by atoms with Crippen molar-refractivity contribution in [1.82, 2.24) is 0 Å². The van der Waals surface area contributed by atoms with Gasteiger partial charge in [-0.3, -0.25) is 0 Å². The molecule has 1 atom stereocenters. The first-order chi connectivity index (χ1) is 8.08. The average Bonchev–Trinajstić information content (AvgIpc) is 2.33. The van der Waals surface area contributed by atoms with E-state index >= 15 is 0 Å². The van der Waals surface area contributed by atoms with E-state index in [1.54, 1.807) is 6.07 Å². The summed E-state index contributed by atoms with van der Waals surface area (Å²) in [5.74, 6) is 0.183. The molecule has 0 heterocycles. The molecule has 0 saturated carbocycles. The van der Waals surface area contributed by atoms with E-state index in [2.05, 4.69) is 10.5 Å². The lowest BCUT2D eigenvalue weighted by atomic mass is 10.1. The molecule has 4 nitrogen and oxygen atoms in total. The fraction of sp³-hybridized carbons (Fsp3) is 0.364. The first-order valence-electron chi connectivity index (χ1n) is 5.25. The van der Waals surface area contributed by atoms with E-state index in [1.165, 1.54) is 0 Å². The van der Waals surface area contributed by atoms with E-state index < -0.39 is 0 Å². The molecule has 6 heteroatoms. The first kappa shape index (κ1) is 13.9. The molecule has 4 N–H and O–H groups in total. The number of anilines is 1. The van der Waals surface area contributed by atoms with Crippen LogP contribution in [0.25, 0.3) is 0 Å². The Morgan fingerprint density at radius 2 is 2.24 bits per heavy atom. The number of nitrogens with one attached hydrogen (secondary N) is 1. The number of oxime groups is 1. The van der Waals surface area contributed by atoms with Crippen LogP contribution >= 0.6 is 23.2 Å². The predicted octanol–water partition coefficient (Wildman–Crippen LogP) is 3.32. The van der Waals surface area contributed by atoms with Crippen LogP contribution in [-0.4, -0.2) is 17.1 Å². The Kier molecular flexibility index (Phi) is 5.38. The second-order valence-electron chi connectivity index (χ2n) is 3.65. The summed E-state index contributed by atoms with van der Waals surface area (Å²) in [6.45, 7) is 2.00. The van der Waals surface area contributed by atoms with Crippen LogP contribution in [0.1, 0.15) is 19.8 Å². The van der Waals surface area contributed by atoms with Crippen LogP contribution in [0.5, 0.6) is 0 Å². The van der Waals surface area contributed by atoms with Crippen molar-refractivity contribution in [1.29, 1.82) is 0 Å². The minimum absolute atomic E-state index is 0.0434. The third-order valence-corrected chi connectivity index (χ3v) is 3.21. The highest BCUT2D eigenvalue weighted by Crippen LogP contribution is 2.30. The number of benzene rings is 1. The SMILES string of the molecule is CCC(C/C(N)=N/O)Nc1cccc(Cl)c1Cl. The van der Waals surface area contributed by atoms with Gasteiger partial charge in [0.25, 0.3) is 0 Å². The smallest absolute Gasteiger partial charge is 0.141 e. The van der Waals surface area contributed by atoms with E-state index in [1.807, 2.05) is 19.1 Å². The van der Waals surface area contributed by atoms with Crippen molar-refractivity contribution in [2.45, 2.75) is 25.8 Å². The third-order valence-electron chi connectivity index (χ3n) is 2.39. The second-order valence-corrected chi connectivity index (χ2v) is 4.43. The lowest BCUT2D eigenvalue weighted by molar-refractivity contribution is 0.316. The molecule has 0 spiro atoms. The molecule has 1 unspecified atom stereocenters. The van der Waals surface area contributed by atoms with Crippen LogP contribution in [-0.2, 0) is 0 Å². The highest BCUT2D eigenvalue weighted by Gasteiger charge is 2.11. The van der Waals surface area contributed by atoms with Crippen LogP contribution in [0, 0.1) is 0 Å². The van der Waals surface area contributed by atoms with Crippen molar-refractivity contribution in [3.63, 3.8) is 0 Å². The average molecular weight is 276 g/mol. The van der Waals surface area contributed by atoms with E-state index in [0.717, 1.165) is 12.1 Å². The number of nitrogens with two attached hydrogens (primary N) is 1. The van der Waals surface area contributed by atoms with Crippen LogP contribution in [0.3, 0.4) is 0 Å². The molecule has 0 aliphatic heterocycles. The Bertz CT molecular complexity index is 410. The Labute approximate surface area is 110 Å². The fourth-order valence-corrected chi connectivity index (χ4v) is 1.78. The molecular weight excluding hydrogens is 261 g/mol. The normalized spacial score (nSPS) is 13.5. The summed E-state index contributed by atoms with van der Waals surface area (Å²) in [6.07, 6.45) is 1.26. The maximum absolute atomic E-state index is 8.53. The predicted molar refractivity (Wildman–Crippen MR) is 72.2 cm³/mol. The summed E-state index contributed by atoms with van der Waals surface area (Å²) in [4.78, 5) is 0. The van der Waals surface area contributed by atoms with Gasteiger partial charge in [0.05, 0.1) is 15.7 Å². The van der Waals surface area contributed by atoms with Gasteiger partial charge in [0, 0.05) is 12.5 Å². The molecule has 0 aliphatic rings. The van der Waals surface area contributed by atoms with Crippen molar-refractivity contribution < 1.29 is 5.21 Å². The molecule has 1 aromatic carbocycles. The lowest BCUT2D eigenvalue weighted by Gasteiger charge is -2.18. The molecule has 0 amide bonds. The molecular formula is C11H15Cl2N3O. The van der Waals surface area contributed by atoms with E-state index in [0.29, 0.717) is 16.5 Å². The summed E-state index contributed by atoms with van der Waals surface area (Å²) in [5.41, 5.74) is 6.22. The highest BCUT2D eigenvalue weighted by atomic mass is 35.5. The summed E-state index contributed by atoms with van der Waals surface area (Å²) in [6, 6.07) is 5.41. The summed E-state index contributed by atoms with van der Waals surface area (Å²) in [7, 11) is 0. The fourth-order valence-electron chi connectivity index (χ4n) is 1.43. The minimum Gasteiger partial charge on any atom is -0.409 e. The monoisotopic (exact) mass is 275 g/mol. The van der Waals surface area contributed by atoms with Gasteiger partial charge in [-0.1, -0.05) is 41.3 Å². The van der Waals surface area contributed by atoms with Gasteiger partial charge < -0.3 is 16.3 Å². The van der Waals surface area contributed by atoms with Crippen LogP contribution in [0.2, 0.25) is 10.0 Å². The third kappa shape index (κ3) is 3.98. The zero-order chi connectivity index (χ0) is 12.8. The number of halogens is 2.